The van der Waals surface area contributed by atoms with Gasteiger partial charge in [-0.15, -0.1) is 0 Å². The van der Waals surface area contributed by atoms with Gasteiger partial charge in [0.15, 0.2) is 21.6 Å². The highest BCUT2D eigenvalue weighted by atomic mass is 32.2. The third kappa shape index (κ3) is 3.00. The number of imidazole rings is 1. The summed E-state index contributed by atoms with van der Waals surface area (Å²) in [5.41, 5.74) is 6.39. The minimum Gasteiger partial charge on any atom is -0.369 e. The Balaban J connectivity index is 2.26. The number of hydrogen-bond acceptors (Lipinski definition) is 5. The van der Waals surface area contributed by atoms with Crippen molar-refractivity contribution in [1.82, 2.24) is 9.97 Å². The maximum atomic E-state index is 13.4. The summed E-state index contributed by atoms with van der Waals surface area (Å²) in [7, 11) is -3.70. The van der Waals surface area contributed by atoms with Crippen molar-refractivity contribution in [2.45, 2.75) is 24.0 Å². The highest BCUT2D eigenvalue weighted by Gasteiger charge is 2.26. The van der Waals surface area contributed by atoms with Crippen molar-refractivity contribution in [2.75, 3.05) is 5.73 Å². The quantitative estimate of drug-likeness (QED) is 0.695. The number of anilines is 1. The number of rotatable bonds is 4. The van der Waals surface area contributed by atoms with Crippen LogP contribution in [0, 0.1) is 5.82 Å². The summed E-state index contributed by atoms with van der Waals surface area (Å²) >= 11 is 0. The third-order valence-electron chi connectivity index (χ3n) is 3.85. The van der Waals surface area contributed by atoms with Crippen LogP contribution in [-0.4, -0.2) is 29.4 Å². The predicted octanol–water partition coefficient (Wildman–Crippen LogP) is 2.70. The average molecular weight is 361 g/mol. The summed E-state index contributed by atoms with van der Waals surface area (Å²) in [6.45, 7) is 3.08. The van der Waals surface area contributed by atoms with E-state index >= 15 is 0 Å². The van der Waals surface area contributed by atoms with Gasteiger partial charge in [-0.05, 0) is 38.1 Å². The van der Waals surface area contributed by atoms with Crippen molar-refractivity contribution in [3.05, 3.63) is 53.3 Å². The Morgan fingerprint density at radius 1 is 1.20 bits per heavy atom. The number of carbonyl (C=O) groups is 1. The molecule has 0 unspecified atom stereocenters. The second kappa shape index (κ2) is 5.96. The molecule has 0 radical (unpaired) electrons. The normalized spacial score (nSPS) is 12.0. The number of nitrogens with one attached hydrogen (secondary N) is 1. The van der Waals surface area contributed by atoms with E-state index in [-0.39, 0.29) is 27.5 Å². The maximum absolute atomic E-state index is 13.4. The third-order valence-corrected chi connectivity index (χ3v) is 6.01. The average Bonchev–Trinajstić information content (AvgIpc) is 2.92. The fourth-order valence-corrected chi connectivity index (χ4v) is 3.73. The molecule has 130 valence electrons. The Hall–Kier alpha value is -2.74. The fraction of sp³-hybridized carbons (Fsp3) is 0.176. The molecule has 8 heteroatoms. The van der Waals surface area contributed by atoms with Gasteiger partial charge in [-0.1, -0.05) is 12.1 Å². The predicted molar refractivity (Wildman–Crippen MR) is 92.7 cm³/mol. The number of nitrogens with zero attached hydrogens (tertiary/aromatic N) is 1. The molecule has 2 aromatic carbocycles. The smallest absolute Gasteiger partial charge is 0.198 e. The minimum absolute atomic E-state index is 0.0468. The molecular weight excluding hydrogens is 345 g/mol. The van der Waals surface area contributed by atoms with Crippen LogP contribution in [-0.2, 0) is 9.84 Å². The Labute approximate surface area is 143 Å². The number of nitrogen functional groups attached to an aromatic ring is 1. The van der Waals surface area contributed by atoms with Crippen LogP contribution < -0.4 is 5.73 Å². The summed E-state index contributed by atoms with van der Waals surface area (Å²) in [6, 6.07) is 7.94. The van der Waals surface area contributed by atoms with Gasteiger partial charge in [0.05, 0.1) is 15.7 Å². The van der Waals surface area contributed by atoms with Gasteiger partial charge in [0.2, 0.25) is 0 Å². The van der Waals surface area contributed by atoms with Gasteiger partial charge in [-0.2, -0.15) is 0 Å². The molecule has 3 N–H and O–H groups in total. The zero-order valence-electron chi connectivity index (χ0n) is 13.6. The Kier molecular flexibility index (Phi) is 4.08. The minimum atomic E-state index is -3.70. The first-order valence-electron chi connectivity index (χ1n) is 7.53. The van der Waals surface area contributed by atoms with Crippen LogP contribution >= 0.6 is 0 Å². The van der Waals surface area contributed by atoms with Crippen LogP contribution in [0.25, 0.3) is 11.0 Å². The van der Waals surface area contributed by atoms with Crippen LogP contribution in [0.1, 0.15) is 29.8 Å². The second-order valence-corrected chi connectivity index (χ2v) is 8.40. The van der Waals surface area contributed by atoms with E-state index in [2.05, 4.69) is 9.97 Å². The van der Waals surface area contributed by atoms with Crippen molar-refractivity contribution in [3.63, 3.8) is 0 Å². The van der Waals surface area contributed by atoms with Crippen molar-refractivity contribution in [3.8, 4) is 0 Å². The SMILES string of the molecule is CC(C)S(=O)(=O)c1cc(C(=O)c2cccc(F)c2)cc2[nH]c(N)nc12. The van der Waals surface area contributed by atoms with E-state index < -0.39 is 26.7 Å². The second-order valence-electron chi connectivity index (χ2n) is 5.93. The van der Waals surface area contributed by atoms with Gasteiger partial charge >= 0.3 is 0 Å². The Morgan fingerprint density at radius 2 is 1.92 bits per heavy atom. The largest absolute Gasteiger partial charge is 0.369 e. The molecule has 0 saturated heterocycles. The number of fused-ring (bicyclic) bond motifs is 1. The topological polar surface area (TPSA) is 106 Å². The molecule has 0 amide bonds. The molecule has 1 aromatic heterocycles. The van der Waals surface area contributed by atoms with Crippen LogP contribution in [0.2, 0.25) is 0 Å². The van der Waals surface area contributed by atoms with Gasteiger partial charge in [-0.3, -0.25) is 4.79 Å². The van der Waals surface area contributed by atoms with Crippen molar-refractivity contribution >= 4 is 32.6 Å². The summed E-state index contributed by atoms with van der Waals surface area (Å²) in [5, 5.41) is -0.701. The molecule has 0 atom stereocenters. The molecule has 1 heterocycles. The molecule has 0 aliphatic carbocycles. The van der Waals surface area contributed by atoms with Gasteiger partial charge in [0.1, 0.15) is 11.3 Å². The molecule has 0 aliphatic heterocycles. The highest BCUT2D eigenvalue weighted by molar-refractivity contribution is 7.92. The molecular formula is C17H16FN3O3S. The lowest BCUT2D eigenvalue weighted by atomic mass is 10.0. The number of H-pyrrole nitrogens is 1. The molecule has 0 saturated carbocycles. The van der Waals surface area contributed by atoms with Crippen LogP contribution in [0.5, 0.6) is 0 Å². The van der Waals surface area contributed by atoms with Crippen LogP contribution in [0.15, 0.2) is 41.3 Å². The van der Waals surface area contributed by atoms with Gasteiger partial charge in [0.25, 0.3) is 0 Å². The molecule has 25 heavy (non-hydrogen) atoms. The van der Waals surface area contributed by atoms with E-state index in [1.165, 1.54) is 44.2 Å². The first-order chi connectivity index (χ1) is 11.7. The molecule has 3 aromatic rings. The number of benzene rings is 2. The highest BCUT2D eigenvalue weighted by Crippen LogP contribution is 2.28. The van der Waals surface area contributed by atoms with E-state index in [0.29, 0.717) is 5.52 Å². The molecule has 0 fully saturated rings. The maximum Gasteiger partial charge on any atom is 0.198 e. The number of aromatic amines is 1. The zero-order chi connectivity index (χ0) is 18.4. The van der Waals surface area contributed by atoms with E-state index in [1.807, 2.05) is 0 Å². The molecule has 6 nitrogen and oxygen atoms in total. The van der Waals surface area contributed by atoms with Gasteiger partial charge in [0, 0.05) is 11.1 Å². The standard InChI is InChI=1S/C17H16FN3O3S/c1-9(2)25(23,24)14-8-11(7-13-15(14)21-17(19)20-13)16(22)10-4-3-5-12(18)6-10/h3-9H,1-2H3,(H3,19,20,21). The fourth-order valence-electron chi connectivity index (χ4n) is 2.50. The number of carbonyl (C=O) groups excluding carboxylic acids is 1. The number of halogens is 1. The Bertz CT molecular complexity index is 1090. The lowest BCUT2D eigenvalue weighted by Crippen LogP contribution is -2.15. The first-order valence-corrected chi connectivity index (χ1v) is 9.08. The first kappa shape index (κ1) is 17.1. The number of ketones is 1. The van der Waals surface area contributed by atoms with Crippen LogP contribution in [0.4, 0.5) is 10.3 Å². The van der Waals surface area contributed by atoms with Crippen molar-refractivity contribution in [2.24, 2.45) is 0 Å². The van der Waals surface area contributed by atoms with Crippen molar-refractivity contribution in [1.29, 1.82) is 0 Å². The summed E-state index contributed by atoms with van der Waals surface area (Å²) in [4.78, 5) is 19.4. The summed E-state index contributed by atoms with van der Waals surface area (Å²) < 4.78 is 38.7. The van der Waals surface area contributed by atoms with Crippen molar-refractivity contribution < 1.29 is 17.6 Å². The van der Waals surface area contributed by atoms with E-state index in [1.54, 1.807) is 0 Å². The number of hydrogen-bond donors (Lipinski definition) is 2. The van der Waals surface area contributed by atoms with Gasteiger partial charge < -0.3 is 10.7 Å². The van der Waals surface area contributed by atoms with E-state index in [4.69, 9.17) is 5.73 Å². The zero-order valence-corrected chi connectivity index (χ0v) is 14.4. The monoisotopic (exact) mass is 361 g/mol. The van der Waals surface area contributed by atoms with E-state index in [9.17, 15) is 17.6 Å². The number of sulfone groups is 1. The summed E-state index contributed by atoms with van der Waals surface area (Å²) in [5.74, 6) is -0.993. The number of nitrogens with two attached hydrogens (primary N) is 1. The summed E-state index contributed by atoms with van der Waals surface area (Å²) in [6.07, 6.45) is 0. The van der Waals surface area contributed by atoms with Crippen LogP contribution in [0.3, 0.4) is 0 Å². The van der Waals surface area contributed by atoms with Gasteiger partial charge in [-0.25, -0.2) is 17.8 Å². The number of aromatic nitrogens is 2. The lowest BCUT2D eigenvalue weighted by Gasteiger charge is -2.10. The van der Waals surface area contributed by atoms with E-state index in [0.717, 1.165) is 6.07 Å². The molecule has 0 bridgehead atoms. The lowest BCUT2D eigenvalue weighted by molar-refractivity contribution is 0.103. The Morgan fingerprint density at radius 3 is 2.56 bits per heavy atom. The molecule has 0 aliphatic rings. The molecule has 3 rings (SSSR count). The molecule has 0 spiro atoms.